The van der Waals surface area contributed by atoms with Gasteiger partial charge in [-0.05, 0) is 13.5 Å². The number of hydrogen-bond acceptors (Lipinski definition) is 3. The summed E-state index contributed by atoms with van der Waals surface area (Å²) in [5, 5.41) is 3.13. The van der Waals surface area contributed by atoms with E-state index in [0.717, 1.165) is 18.7 Å². The Balaban J connectivity index is 2.27. The molecule has 16 heavy (non-hydrogen) atoms. The Morgan fingerprint density at radius 2 is 2.00 bits per heavy atom. The number of aryl methyl sites for hydroxylation is 1. The summed E-state index contributed by atoms with van der Waals surface area (Å²) in [5.74, 6) is 0.0384. The lowest BCUT2D eigenvalue weighted by atomic mass is 10.1. The number of likely N-dealkylation sites (N-methyl/N-ethyl adjacent to an activating group) is 1. The van der Waals surface area contributed by atoms with E-state index in [4.69, 9.17) is 4.74 Å². The third-order valence-electron chi connectivity index (χ3n) is 2.28. The summed E-state index contributed by atoms with van der Waals surface area (Å²) in [5.41, 5.74) is 1.87. The van der Waals surface area contributed by atoms with E-state index in [1.807, 2.05) is 38.1 Å². The molecule has 0 heterocycles. The molecule has 0 saturated carbocycles. The fraction of sp³-hybridized carbons (Fsp3) is 0.462. The van der Waals surface area contributed by atoms with E-state index in [1.54, 1.807) is 0 Å². The van der Waals surface area contributed by atoms with Gasteiger partial charge < -0.3 is 10.1 Å². The second-order valence-corrected chi connectivity index (χ2v) is 3.70. The predicted octanol–water partition coefficient (Wildman–Crippen LogP) is 1.80. The van der Waals surface area contributed by atoms with Gasteiger partial charge in [0.15, 0.2) is 5.78 Å². The molecule has 0 aliphatic carbocycles. The van der Waals surface area contributed by atoms with Crippen LogP contribution in [0.25, 0.3) is 0 Å². The summed E-state index contributed by atoms with van der Waals surface area (Å²) in [7, 11) is 0. The van der Waals surface area contributed by atoms with Gasteiger partial charge in [0.25, 0.3) is 0 Å². The van der Waals surface area contributed by atoms with Crippen LogP contribution >= 0.6 is 0 Å². The summed E-state index contributed by atoms with van der Waals surface area (Å²) in [4.78, 5) is 11.6. The summed E-state index contributed by atoms with van der Waals surface area (Å²) in [6.07, 6.45) is 0. The molecular weight excluding hydrogens is 202 g/mol. The van der Waals surface area contributed by atoms with Gasteiger partial charge in [-0.2, -0.15) is 0 Å². The van der Waals surface area contributed by atoms with Crippen molar-refractivity contribution in [2.75, 3.05) is 26.3 Å². The van der Waals surface area contributed by atoms with Gasteiger partial charge in [-0.25, -0.2) is 0 Å². The summed E-state index contributed by atoms with van der Waals surface area (Å²) >= 11 is 0. The van der Waals surface area contributed by atoms with E-state index in [0.29, 0.717) is 12.2 Å². The highest BCUT2D eigenvalue weighted by atomic mass is 16.5. The van der Waals surface area contributed by atoms with Crippen molar-refractivity contribution in [3.8, 4) is 0 Å². The molecule has 0 spiro atoms. The van der Waals surface area contributed by atoms with Crippen LogP contribution in [0.1, 0.15) is 22.8 Å². The van der Waals surface area contributed by atoms with Gasteiger partial charge in [0.1, 0.15) is 6.61 Å². The number of benzene rings is 1. The maximum absolute atomic E-state index is 11.6. The Morgan fingerprint density at radius 1 is 1.31 bits per heavy atom. The van der Waals surface area contributed by atoms with Crippen molar-refractivity contribution in [3.05, 3.63) is 35.4 Å². The van der Waals surface area contributed by atoms with E-state index in [2.05, 4.69) is 5.32 Å². The average Bonchev–Trinajstić information content (AvgIpc) is 2.29. The zero-order valence-electron chi connectivity index (χ0n) is 9.95. The molecule has 0 saturated heterocycles. The Morgan fingerprint density at radius 3 is 2.62 bits per heavy atom. The number of hydrogen-bond donors (Lipinski definition) is 1. The van der Waals surface area contributed by atoms with Gasteiger partial charge in [-0.3, -0.25) is 4.79 Å². The second kappa shape index (κ2) is 7.14. The molecule has 1 rings (SSSR count). The molecule has 0 aliphatic rings. The van der Waals surface area contributed by atoms with Crippen LogP contribution in [0.15, 0.2) is 24.3 Å². The maximum atomic E-state index is 11.6. The minimum absolute atomic E-state index is 0.0384. The van der Waals surface area contributed by atoms with Crippen molar-refractivity contribution >= 4 is 5.78 Å². The largest absolute Gasteiger partial charge is 0.372 e. The van der Waals surface area contributed by atoms with E-state index >= 15 is 0 Å². The van der Waals surface area contributed by atoms with Crippen LogP contribution in [0.4, 0.5) is 0 Å². The zero-order valence-corrected chi connectivity index (χ0v) is 9.95. The smallest absolute Gasteiger partial charge is 0.188 e. The van der Waals surface area contributed by atoms with E-state index in [1.165, 1.54) is 0 Å². The highest BCUT2D eigenvalue weighted by molar-refractivity contribution is 5.97. The molecule has 0 bridgehead atoms. The van der Waals surface area contributed by atoms with Crippen LogP contribution in [-0.4, -0.2) is 32.1 Å². The molecule has 0 atom stereocenters. The summed E-state index contributed by atoms with van der Waals surface area (Å²) < 4.78 is 5.27. The number of rotatable bonds is 7. The molecular formula is C13H19NO2. The number of carbonyl (C=O) groups excluding carboxylic acids is 1. The molecule has 0 aliphatic heterocycles. The van der Waals surface area contributed by atoms with Gasteiger partial charge in [0, 0.05) is 12.1 Å². The molecule has 3 nitrogen and oxygen atoms in total. The highest BCUT2D eigenvalue weighted by Gasteiger charge is 2.04. The molecule has 0 radical (unpaired) electrons. The molecule has 0 aromatic heterocycles. The molecule has 3 heteroatoms. The van der Waals surface area contributed by atoms with Crippen molar-refractivity contribution in [3.63, 3.8) is 0 Å². The molecule has 0 amide bonds. The average molecular weight is 221 g/mol. The van der Waals surface area contributed by atoms with Crippen molar-refractivity contribution in [2.45, 2.75) is 13.8 Å². The molecule has 0 fully saturated rings. The number of ketones is 1. The summed E-state index contributed by atoms with van der Waals surface area (Å²) in [6, 6.07) is 7.55. The van der Waals surface area contributed by atoms with Crippen LogP contribution in [0.2, 0.25) is 0 Å². The van der Waals surface area contributed by atoms with Crippen LogP contribution < -0.4 is 5.32 Å². The van der Waals surface area contributed by atoms with E-state index in [-0.39, 0.29) is 12.4 Å². The van der Waals surface area contributed by atoms with Crippen molar-refractivity contribution in [2.24, 2.45) is 0 Å². The Hall–Kier alpha value is -1.19. The lowest BCUT2D eigenvalue weighted by Crippen LogP contribution is -2.20. The molecule has 1 aromatic carbocycles. The third kappa shape index (κ3) is 4.55. The van der Waals surface area contributed by atoms with Crippen LogP contribution in [-0.2, 0) is 4.74 Å². The molecule has 0 unspecified atom stereocenters. The van der Waals surface area contributed by atoms with E-state index < -0.39 is 0 Å². The van der Waals surface area contributed by atoms with Crippen LogP contribution in [0.3, 0.4) is 0 Å². The van der Waals surface area contributed by atoms with Crippen molar-refractivity contribution in [1.82, 2.24) is 5.32 Å². The van der Waals surface area contributed by atoms with Gasteiger partial charge >= 0.3 is 0 Å². The minimum Gasteiger partial charge on any atom is -0.372 e. The standard InChI is InChI=1S/C13H19NO2/c1-3-14-8-9-16-10-13(15)12-6-4-11(2)5-7-12/h4-7,14H,3,8-10H2,1-2H3. The van der Waals surface area contributed by atoms with Gasteiger partial charge in [-0.1, -0.05) is 36.8 Å². The van der Waals surface area contributed by atoms with Crippen LogP contribution in [0, 0.1) is 6.92 Å². The monoisotopic (exact) mass is 221 g/mol. The summed E-state index contributed by atoms with van der Waals surface area (Å²) in [6.45, 7) is 6.49. The third-order valence-corrected chi connectivity index (χ3v) is 2.28. The maximum Gasteiger partial charge on any atom is 0.188 e. The minimum atomic E-state index is 0.0384. The first kappa shape index (κ1) is 12.9. The first-order valence-corrected chi connectivity index (χ1v) is 5.62. The first-order valence-electron chi connectivity index (χ1n) is 5.62. The molecule has 88 valence electrons. The lowest BCUT2D eigenvalue weighted by Gasteiger charge is -2.04. The number of carbonyl (C=O) groups is 1. The Kier molecular flexibility index (Phi) is 5.75. The van der Waals surface area contributed by atoms with Crippen LogP contribution in [0.5, 0.6) is 0 Å². The van der Waals surface area contributed by atoms with Gasteiger partial charge in [0.05, 0.1) is 6.61 Å². The normalized spacial score (nSPS) is 10.4. The molecule has 1 N–H and O–H groups in total. The van der Waals surface area contributed by atoms with E-state index in [9.17, 15) is 4.79 Å². The quantitative estimate of drug-likeness (QED) is 0.563. The fourth-order valence-corrected chi connectivity index (χ4v) is 1.31. The Labute approximate surface area is 96.8 Å². The SMILES string of the molecule is CCNCCOCC(=O)c1ccc(C)cc1. The topological polar surface area (TPSA) is 38.3 Å². The van der Waals surface area contributed by atoms with Crippen molar-refractivity contribution in [1.29, 1.82) is 0 Å². The van der Waals surface area contributed by atoms with Gasteiger partial charge in [-0.15, -0.1) is 0 Å². The first-order chi connectivity index (χ1) is 7.74. The highest BCUT2D eigenvalue weighted by Crippen LogP contribution is 2.04. The number of ether oxygens (including phenoxy) is 1. The van der Waals surface area contributed by atoms with Crippen molar-refractivity contribution < 1.29 is 9.53 Å². The second-order valence-electron chi connectivity index (χ2n) is 3.70. The molecule has 1 aromatic rings. The lowest BCUT2D eigenvalue weighted by molar-refractivity contribution is 0.0765. The number of Topliss-reactive ketones (excluding diaryl/α,β-unsaturated/α-hetero) is 1. The fourth-order valence-electron chi connectivity index (χ4n) is 1.31. The van der Waals surface area contributed by atoms with Gasteiger partial charge in [0.2, 0.25) is 0 Å². The zero-order chi connectivity index (χ0) is 11.8. The predicted molar refractivity (Wildman–Crippen MR) is 64.9 cm³/mol. The Bertz CT molecular complexity index is 319. The number of nitrogens with one attached hydrogen (secondary N) is 1.